The van der Waals surface area contributed by atoms with Crippen LogP contribution in [0, 0.1) is 19.7 Å². The number of amides is 2. The van der Waals surface area contributed by atoms with Gasteiger partial charge in [0.1, 0.15) is 5.82 Å². The van der Waals surface area contributed by atoms with Crippen LogP contribution in [0.4, 0.5) is 14.3 Å². The van der Waals surface area contributed by atoms with Gasteiger partial charge in [0.15, 0.2) is 5.13 Å². The highest BCUT2D eigenvalue weighted by Crippen LogP contribution is 2.31. The summed E-state index contributed by atoms with van der Waals surface area (Å²) < 4.78 is 19.8. The van der Waals surface area contributed by atoms with Crippen molar-refractivity contribution >= 4 is 28.5 Å². The van der Waals surface area contributed by atoms with E-state index < -0.39 is 6.09 Å². The number of nitrogens with zero attached hydrogens (tertiary/aromatic N) is 2. The third-order valence-electron chi connectivity index (χ3n) is 4.58. The Bertz CT molecular complexity index is 1040. The maximum absolute atomic E-state index is 13.3. The van der Waals surface area contributed by atoms with Gasteiger partial charge < -0.3 is 19.9 Å². The van der Waals surface area contributed by atoms with Gasteiger partial charge in [0.05, 0.1) is 12.8 Å². The normalized spacial score (nSPS) is 10.7. The van der Waals surface area contributed by atoms with E-state index in [0.29, 0.717) is 18.1 Å². The van der Waals surface area contributed by atoms with Crippen molar-refractivity contribution in [2.24, 2.45) is 0 Å². The number of thiazole rings is 1. The summed E-state index contributed by atoms with van der Waals surface area (Å²) in [7, 11) is 1.29. The maximum atomic E-state index is 13.3. The summed E-state index contributed by atoms with van der Waals surface area (Å²) in [5.41, 5.74) is 4.59. The molecule has 0 atom stereocenters. The number of methoxy groups -OCH3 is 1. The van der Waals surface area contributed by atoms with Crippen LogP contribution >= 0.6 is 11.3 Å². The molecule has 1 aromatic carbocycles. The summed E-state index contributed by atoms with van der Waals surface area (Å²) in [4.78, 5) is 27.6. The van der Waals surface area contributed by atoms with Crippen molar-refractivity contribution in [1.29, 1.82) is 0 Å². The molecular formula is C21H23FN4O3S. The second kappa shape index (κ2) is 9.53. The van der Waals surface area contributed by atoms with Crippen molar-refractivity contribution < 1.29 is 18.7 Å². The number of hydrogen-bond donors (Lipinski definition) is 2. The standard InChI is InChI=1S/C21H23FN4O3S/c1-13-11-17(14(2)26(13)16-8-6-15(22)7-9-16)18-12-30-20(24-18)25-19(27)5-4-10-23-21(28)29-3/h6-9,11-12H,4-5,10H2,1-3H3,(H,23,28)(H,24,25,27). The lowest BCUT2D eigenvalue weighted by atomic mass is 10.2. The van der Waals surface area contributed by atoms with E-state index in [1.54, 1.807) is 12.1 Å². The highest BCUT2D eigenvalue weighted by Gasteiger charge is 2.15. The molecule has 0 radical (unpaired) electrons. The van der Waals surface area contributed by atoms with Crippen molar-refractivity contribution in [3.8, 4) is 16.9 Å². The predicted molar refractivity (Wildman–Crippen MR) is 115 cm³/mol. The largest absolute Gasteiger partial charge is 0.453 e. The first-order valence-electron chi connectivity index (χ1n) is 9.41. The molecule has 0 spiro atoms. The third kappa shape index (κ3) is 5.04. The zero-order chi connectivity index (χ0) is 21.7. The number of aryl methyl sites for hydroxylation is 1. The van der Waals surface area contributed by atoms with Gasteiger partial charge in [-0.05, 0) is 50.6 Å². The van der Waals surface area contributed by atoms with Crippen LogP contribution in [0.5, 0.6) is 0 Å². The van der Waals surface area contributed by atoms with Crippen LogP contribution in [-0.2, 0) is 9.53 Å². The fourth-order valence-corrected chi connectivity index (χ4v) is 3.88. The summed E-state index contributed by atoms with van der Waals surface area (Å²) in [6.07, 6.45) is 0.244. The van der Waals surface area contributed by atoms with Gasteiger partial charge in [0, 0.05) is 41.0 Å². The number of aromatic nitrogens is 2. The van der Waals surface area contributed by atoms with E-state index in [0.717, 1.165) is 28.3 Å². The lowest BCUT2D eigenvalue weighted by molar-refractivity contribution is -0.116. The first-order chi connectivity index (χ1) is 14.4. The van der Waals surface area contributed by atoms with E-state index >= 15 is 0 Å². The summed E-state index contributed by atoms with van der Waals surface area (Å²) in [6, 6.07) is 8.37. The van der Waals surface area contributed by atoms with E-state index in [9.17, 15) is 14.0 Å². The van der Waals surface area contributed by atoms with Crippen LogP contribution in [0.1, 0.15) is 24.2 Å². The van der Waals surface area contributed by atoms with Gasteiger partial charge in [0.2, 0.25) is 5.91 Å². The van der Waals surface area contributed by atoms with Crippen molar-refractivity contribution in [2.75, 3.05) is 19.0 Å². The van der Waals surface area contributed by atoms with Crippen molar-refractivity contribution in [3.63, 3.8) is 0 Å². The van der Waals surface area contributed by atoms with E-state index in [-0.39, 0.29) is 18.1 Å². The second-order valence-corrected chi connectivity index (χ2v) is 7.56. The molecular weight excluding hydrogens is 407 g/mol. The highest BCUT2D eigenvalue weighted by atomic mass is 32.1. The molecule has 2 amide bonds. The molecule has 2 heterocycles. The minimum absolute atomic E-state index is 0.167. The molecule has 0 aliphatic carbocycles. The Kier molecular flexibility index (Phi) is 6.83. The zero-order valence-electron chi connectivity index (χ0n) is 17.0. The van der Waals surface area contributed by atoms with E-state index in [1.807, 2.05) is 29.9 Å². The molecule has 3 aromatic rings. The number of alkyl carbamates (subject to hydrolysis) is 1. The van der Waals surface area contributed by atoms with E-state index in [2.05, 4.69) is 20.4 Å². The summed E-state index contributed by atoms with van der Waals surface area (Å²) >= 11 is 1.35. The highest BCUT2D eigenvalue weighted by molar-refractivity contribution is 7.14. The Morgan fingerprint density at radius 1 is 1.23 bits per heavy atom. The molecule has 0 saturated carbocycles. The monoisotopic (exact) mass is 430 g/mol. The van der Waals surface area contributed by atoms with Crippen LogP contribution in [0.2, 0.25) is 0 Å². The van der Waals surface area contributed by atoms with Gasteiger partial charge in [-0.15, -0.1) is 11.3 Å². The van der Waals surface area contributed by atoms with Crippen molar-refractivity contribution in [3.05, 3.63) is 52.9 Å². The Labute approximate surface area is 177 Å². The number of carbonyl (C=O) groups is 2. The molecule has 0 aliphatic rings. The molecule has 7 nitrogen and oxygen atoms in total. The van der Waals surface area contributed by atoms with Gasteiger partial charge in [-0.3, -0.25) is 4.79 Å². The Hall–Kier alpha value is -3.20. The number of hydrogen-bond acceptors (Lipinski definition) is 5. The molecule has 158 valence electrons. The number of rotatable bonds is 7. The van der Waals surface area contributed by atoms with E-state index in [4.69, 9.17) is 0 Å². The molecule has 0 fully saturated rings. The number of halogens is 1. The van der Waals surface area contributed by atoms with Gasteiger partial charge in [-0.25, -0.2) is 14.2 Å². The van der Waals surface area contributed by atoms with Crippen LogP contribution in [0.3, 0.4) is 0 Å². The van der Waals surface area contributed by atoms with Crippen LogP contribution in [0.15, 0.2) is 35.7 Å². The summed E-state index contributed by atoms with van der Waals surface area (Å²) in [5.74, 6) is -0.443. The topological polar surface area (TPSA) is 85.2 Å². The van der Waals surface area contributed by atoms with Gasteiger partial charge in [0.25, 0.3) is 0 Å². The second-order valence-electron chi connectivity index (χ2n) is 6.70. The molecule has 3 rings (SSSR count). The lowest BCUT2D eigenvalue weighted by Crippen LogP contribution is -2.25. The third-order valence-corrected chi connectivity index (χ3v) is 5.34. The number of anilines is 1. The van der Waals surface area contributed by atoms with Crippen molar-refractivity contribution in [2.45, 2.75) is 26.7 Å². The summed E-state index contributed by atoms with van der Waals surface area (Å²) in [6.45, 7) is 4.33. The first-order valence-corrected chi connectivity index (χ1v) is 10.3. The smallest absolute Gasteiger partial charge is 0.406 e. The predicted octanol–water partition coefficient (Wildman–Crippen LogP) is 4.43. The molecule has 30 heavy (non-hydrogen) atoms. The molecule has 0 aliphatic heterocycles. The number of benzene rings is 1. The molecule has 0 unspecified atom stereocenters. The van der Waals surface area contributed by atoms with E-state index in [1.165, 1.54) is 30.6 Å². The Morgan fingerprint density at radius 2 is 1.97 bits per heavy atom. The fraction of sp³-hybridized carbons (Fsp3) is 0.286. The minimum atomic E-state index is -0.516. The number of ether oxygens (including phenoxy) is 1. The van der Waals surface area contributed by atoms with Crippen LogP contribution in [0.25, 0.3) is 16.9 Å². The molecule has 9 heteroatoms. The van der Waals surface area contributed by atoms with Gasteiger partial charge in [-0.2, -0.15) is 0 Å². The van der Waals surface area contributed by atoms with Crippen LogP contribution in [-0.4, -0.2) is 35.2 Å². The maximum Gasteiger partial charge on any atom is 0.406 e. The average Bonchev–Trinajstić information content (AvgIpc) is 3.29. The first kappa shape index (κ1) is 21.5. The van der Waals surface area contributed by atoms with Crippen molar-refractivity contribution in [1.82, 2.24) is 14.9 Å². The molecule has 2 N–H and O–H groups in total. The number of nitrogens with one attached hydrogen (secondary N) is 2. The minimum Gasteiger partial charge on any atom is -0.453 e. The molecule has 0 bridgehead atoms. The lowest BCUT2D eigenvalue weighted by Gasteiger charge is -2.09. The Balaban J connectivity index is 1.66. The van der Waals surface area contributed by atoms with Gasteiger partial charge in [-0.1, -0.05) is 0 Å². The quantitative estimate of drug-likeness (QED) is 0.543. The SMILES string of the molecule is COC(=O)NCCCC(=O)Nc1nc(-c2cc(C)n(-c3ccc(F)cc3)c2C)cs1. The van der Waals surface area contributed by atoms with Crippen LogP contribution < -0.4 is 10.6 Å². The summed E-state index contributed by atoms with van der Waals surface area (Å²) in [5, 5.41) is 7.73. The van der Waals surface area contributed by atoms with Gasteiger partial charge >= 0.3 is 6.09 Å². The Morgan fingerprint density at radius 3 is 2.67 bits per heavy atom. The zero-order valence-corrected chi connectivity index (χ0v) is 17.8. The number of carbonyl (C=O) groups excluding carboxylic acids is 2. The molecule has 2 aromatic heterocycles. The average molecular weight is 431 g/mol. The molecule has 0 saturated heterocycles. The fourth-order valence-electron chi connectivity index (χ4n) is 3.16.